The van der Waals surface area contributed by atoms with Gasteiger partial charge >= 0.3 is 10.1 Å². The van der Waals surface area contributed by atoms with Crippen molar-refractivity contribution < 1.29 is 29.4 Å². The Bertz CT molecular complexity index is 1150. The topological polar surface area (TPSA) is 138 Å². The molecule has 2 aromatic carbocycles. The van der Waals surface area contributed by atoms with Gasteiger partial charge in [0.05, 0.1) is 16.8 Å². The molecule has 24 heavy (non-hydrogen) atoms. The van der Waals surface area contributed by atoms with Crippen molar-refractivity contribution >= 4 is 56.1 Å². The van der Waals surface area contributed by atoms with Crippen LogP contribution in [0.5, 0.6) is 5.75 Å². The van der Waals surface area contributed by atoms with E-state index in [-0.39, 0.29) is 10.8 Å². The molecule has 0 spiro atoms. The van der Waals surface area contributed by atoms with E-state index in [2.05, 4.69) is 0 Å². The highest BCUT2D eigenvalue weighted by Gasteiger charge is 2.31. The quantitative estimate of drug-likeness (QED) is 0.446. The third-order valence-corrected chi connectivity index (χ3v) is 5.97. The molecule has 0 aliphatic heterocycles. The van der Waals surface area contributed by atoms with Crippen LogP contribution in [0.3, 0.4) is 0 Å². The van der Waals surface area contributed by atoms with Crippen LogP contribution in [0, 0.1) is 0 Å². The van der Waals surface area contributed by atoms with E-state index in [1.54, 1.807) is 0 Å². The second-order valence-corrected chi connectivity index (χ2v) is 11.0. The van der Waals surface area contributed by atoms with Crippen LogP contribution in [0.4, 0.5) is 5.69 Å². The highest BCUT2D eigenvalue weighted by Crippen LogP contribution is 2.44. The van der Waals surface area contributed by atoms with Gasteiger partial charge in [0.2, 0.25) is 0 Å². The van der Waals surface area contributed by atoms with Crippen molar-refractivity contribution in [1.82, 2.24) is 0 Å². The molecule has 0 heterocycles. The van der Waals surface area contributed by atoms with Gasteiger partial charge in [0.15, 0.2) is 20.5 Å². The smallest absolute Gasteiger partial charge is 0.306 e. The van der Waals surface area contributed by atoms with Gasteiger partial charge in [0.1, 0.15) is 0 Å². The molecule has 0 bridgehead atoms. The van der Waals surface area contributed by atoms with E-state index in [9.17, 15) is 25.3 Å². The summed E-state index contributed by atoms with van der Waals surface area (Å²) in [7, 11) is -7.38. The van der Waals surface area contributed by atoms with Gasteiger partial charge < -0.3 is 9.92 Å². The number of anilines is 1. The fourth-order valence-electron chi connectivity index (χ4n) is 2.25. The van der Waals surface area contributed by atoms with Crippen molar-refractivity contribution in [3.8, 4) is 5.75 Å². The maximum atomic E-state index is 12.1. The van der Waals surface area contributed by atoms with Gasteiger partial charge in [-0.2, -0.15) is 8.42 Å². The predicted octanol–water partition coefficient (Wildman–Crippen LogP) is 1.09. The third-order valence-electron chi connectivity index (χ3n) is 2.96. The third kappa shape index (κ3) is 3.58. The zero-order valence-corrected chi connectivity index (χ0v) is 15.6. The monoisotopic (exact) mass is 413 g/mol. The van der Waals surface area contributed by atoms with Gasteiger partial charge in [-0.3, -0.25) is 0 Å². The van der Waals surface area contributed by atoms with Crippen molar-refractivity contribution in [2.45, 2.75) is 9.79 Å². The molecule has 0 radical (unpaired) electrons. The first kappa shape index (κ1) is 18.8. The number of nitrogens with two attached hydrogens (primary N) is 1. The van der Waals surface area contributed by atoms with Crippen molar-refractivity contribution in [2.24, 2.45) is 0 Å². The Morgan fingerprint density at radius 1 is 0.917 bits per heavy atom. The van der Waals surface area contributed by atoms with E-state index < -0.39 is 50.2 Å². The maximum Gasteiger partial charge on any atom is 0.306 e. The summed E-state index contributed by atoms with van der Waals surface area (Å²) in [6.07, 6.45) is 1.54. The first-order valence-electron chi connectivity index (χ1n) is 6.12. The van der Waals surface area contributed by atoms with E-state index in [1.165, 1.54) is 24.3 Å². The molecule has 0 aliphatic carbocycles. The molecular weight excluding hydrogens is 402 g/mol. The van der Waals surface area contributed by atoms with E-state index in [0.717, 1.165) is 6.26 Å². The minimum absolute atomic E-state index is 0.0141. The lowest BCUT2D eigenvalue weighted by Gasteiger charge is -2.17. The SMILES string of the molecule is CS(=O)(=O)Oc1c(S(=O)(=O)Cl)c(N)c(S(C)(=O)=O)c2ccccc12. The average molecular weight is 414 g/mol. The van der Waals surface area contributed by atoms with Crippen molar-refractivity contribution in [3.63, 3.8) is 0 Å². The number of fused-ring (bicyclic) bond motifs is 1. The summed E-state index contributed by atoms with van der Waals surface area (Å²) in [6, 6.07) is 5.58. The molecule has 0 atom stereocenters. The number of rotatable bonds is 4. The first-order valence-corrected chi connectivity index (χ1v) is 12.1. The number of sulfone groups is 1. The second-order valence-electron chi connectivity index (χ2n) is 4.94. The molecule has 0 fully saturated rings. The number of nitrogen functional groups attached to an aromatic ring is 1. The fourth-order valence-corrected chi connectivity index (χ4v) is 5.12. The highest BCUT2D eigenvalue weighted by atomic mass is 35.7. The van der Waals surface area contributed by atoms with E-state index in [4.69, 9.17) is 20.6 Å². The zero-order chi connectivity index (χ0) is 18.5. The summed E-state index contributed by atoms with van der Waals surface area (Å²) >= 11 is 0. The summed E-state index contributed by atoms with van der Waals surface area (Å²) in [5, 5.41) is -0.0583. The minimum atomic E-state index is -4.62. The number of benzene rings is 2. The van der Waals surface area contributed by atoms with Crippen LogP contribution in [0.2, 0.25) is 0 Å². The molecule has 8 nitrogen and oxygen atoms in total. The van der Waals surface area contributed by atoms with Gasteiger partial charge in [-0.25, -0.2) is 16.8 Å². The molecule has 0 saturated heterocycles. The van der Waals surface area contributed by atoms with Crippen LogP contribution in [0.25, 0.3) is 10.8 Å². The molecule has 0 aliphatic rings. The number of hydrogen-bond donors (Lipinski definition) is 1. The maximum absolute atomic E-state index is 12.1. The molecule has 12 heteroatoms. The second kappa shape index (κ2) is 5.76. The minimum Gasteiger partial charge on any atom is -0.396 e. The van der Waals surface area contributed by atoms with Crippen LogP contribution < -0.4 is 9.92 Å². The molecule has 2 aromatic rings. The summed E-state index contributed by atoms with van der Waals surface area (Å²) in [6.45, 7) is 0. The normalized spacial score (nSPS) is 13.1. The standard InChI is InChI=1S/C12H12ClNO7S3/c1-22(15,16)11-8-6-4-3-5-7(8)10(21-23(2,17)18)12(9(11)14)24(13,19)20/h3-6H,14H2,1-2H3. The molecule has 132 valence electrons. The molecule has 0 aromatic heterocycles. The zero-order valence-electron chi connectivity index (χ0n) is 12.3. The van der Waals surface area contributed by atoms with Gasteiger partial charge in [-0.15, -0.1) is 0 Å². The summed E-state index contributed by atoms with van der Waals surface area (Å²) < 4.78 is 75.7. The molecule has 0 unspecified atom stereocenters. The largest absolute Gasteiger partial charge is 0.396 e. The Balaban J connectivity index is 3.23. The van der Waals surface area contributed by atoms with Gasteiger partial charge in [0, 0.05) is 27.7 Å². The van der Waals surface area contributed by atoms with Gasteiger partial charge in [-0.05, 0) is 0 Å². The molecule has 2 rings (SSSR count). The van der Waals surface area contributed by atoms with E-state index in [1.807, 2.05) is 0 Å². The Hall–Kier alpha value is -1.56. The van der Waals surface area contributed by atoms with Crippen molar-refractivity contribution in [2.75, 3.05) is 18.2 Å². The average Bonchev–Trinajstić information content (AvgIpc) is 2.33. The molecular formula is C12H12ClNO7S3. The van der Waals surface area contributed by atoms with Crippen LogP contribution >= 0.6 is 10.7 Å². The van der Waals surface area contributed by atoms with Gasteiger partial charge in [-0.1, -0.05) is 24.3 Å². The lowest BCUT2D eigenvalue weighted by atomic mass is 10.1. The Kier molecular flexibility index (Phi) is 4.50. The summed E-state index contributed by atoms with van der Waals surface area (Å²) in [5.41, 5.74) is 5.02. The van der Waals surface area contributed by atoms with Crippen molar-refractivity contribution in [3.05, 3.63) is 24.3 Å². The van der Waals surface area contributed by atoms with Crippen LogP contribution in [-0.2, 0) is 29.0 Å². The van der Waals surface area contributed by atoms with Gasteiger partial charge in [0.25, 0.3) is 9.05 Å². The lowest BCUT2D eigenvalue weighted by molar-refractivity contribution is 0.489. The number of halogens is 1. The van der Waals surface area contributed by atoms with Crippen LogP contribution in [0.15, 0.2) is 34.1 Å². The Morgan fingerprint density at radius 2 is 1.42 bits per heavy atom. The highest BCUT2D eigenvalue weighted by molar-refractivity contribution is 8.14. The van der Waals surface area contributed by atoms with Crippen LogP contribution in [0.1, 0.15) is 0 Å². The Labute approximate surface area is 143 Å². The lowest BCUT2D eigenvalue weighted by Crippen LogP contribution is -2.13. The van der Waals surface area contributed by atoms with Crippen LogP contribution in [-0.4, -0.2) is 37.8 Å². The molecule has 0 saturated carbocycles. The van der Waals surface area contributed by atoms with E-state index in [0.29, 0.717) is 6.26 Å². The Morgan fingerprint density at radius 3 is 1.83 bits per heavy atom. The number of hydrogen-bond acceptors (Lipinski definition) is 8. The summed E-state index contributed by atoms with van der Waals surface area (Å²) in [4.78, 5) is -1.38. The molecule has 2 N–H and O–H groups in total. The van der Waals surface area contributed by atoms with Crippen molar-refractivity contribution in [1.29, 1.82) is 0 Å². The fraction of sp³-hybridized carbons (Fsp3) is 0.167. The summed E-state index contributed by atoms with van der Waals surface area (Å²) in [5.74, 6) is -0.645. The molecule has 0 amide bonds. The first-order chi connectivity index (χ1) is 10.7. The van der Waals surface area contributed by atoms with E-state index >= 15 is 0 Å². The predicted molar refractivity (Wildman–Crippen MR) is 90.0 cm³/mol.